The molecule has 2 atom stereocenters. The summed E-state index contributed by atoms with van der Waals surface area (Å²) in [5.41, 5.74) is 0.989. The van der Waals surface area contributed by atoms with Gasteiger partial charge in [-0.25, -0.2) is 0 Å². The molecule has 86 valence electrons. The Bertz CT molecular complexity index is 411. The van der Waals surface area contributed by atoms with E-state index in [0.29, 0.717) is 18.1 Å². The van der Waals surface area contributed by atoms with Crippen molar-refractivity contribution in [2.45, 2.75) is 32.6 Å². The number of ketones is 1. The molecule has 0 radical (unpaired) electrons. The van der Waals surface area contributed by atoms with E-state index in [9.17, 15) is 4.79 Å². The van der Waals surface area contributed by atoms with Gasteiger partial charge in [-0.15, -0.1) is 0 Å². The Morgan fingerprint density at radius 3 is 2.69 bits per heavy atom. The van der Waals surface area contributed by atoms with Gasteiger partial charge in [-0.3, -0.25) is 4.79 Å². The average molecular weight is 218 g/mol. The first-order valence-corrected chi connectivity index (χ1v) is 5.79. The van der Waals surface area contributed by atoms with E-state index in [1.54, 1.807) is 7.11 Å². The Labute approximate surface area is 96.6 Å². The predicted octanol–water partition coefficient (Wildman–Crippen LogP) is 3.17. The molecule has 0 aromatic heterocycles. The van der Waals surface area contributed by atoms with Crippen LogP contribution in [0.4, 0.5) is 0 Å². The zero-order chi connectivity index (χ0) is 11.8. The smallest absolute Gasteiger partial charge is 0.140 e. The molecule has 1 aromatic rings. The van der Waals surface area contributed by atoms with Gasteiger partial charge in [0.2, 0.25) is 0 Å². The van der Waals surface area contributed by atoms with Gasteiger partial charge in [0.05, 0.1) is 7.11 Å². The van der Waals surface area contributed by atoms with Crippen molar-refractivity contribution in [2.24, 2.45) is 5.41 Å². The maximum atomic E-state index is 11.7. The van der Waals surface area contributed by atoms with Crippen molar-refractivity contribution in [2.75, 3.05) is 7.11 Å². The summed E-state index contributed by atoms with van der Waals surface area (Å²) in [6.07, 6.45) is 1.55. The second-order valence-corrected chi connectivity index (χ2v) is 4.69. The molecule has 2 heteroatoms. The van der Waals surface area contributed by atoms with Crippen molar-refractivity contribution >= 4 is 5.78 Å². The summed E-state index contributed by atoms with van der Waals surface area (Å²) < 4.78 is 5.36. The summed E-state index contributed by atoms with van der Waals surface area (Å²) in [7, 11) is 1.68. The zero-order valence-corrected chi connectivity index (χ0v) is 10.1. The fraction of sp³-hybridized carbons (Fsp3) is 0.500. The van der Waals surface area contributed by atoms with Gasteiger partial charge in [0.25, 0.3) is 0 Å². The molecule has 0 aliphatic heterocycles. The molecule has 16 heavy (non-hydrogen) atoms. The van der Waals surface area contributed by atoms with Gasteiger partial charge in [-0.2, -0.15) is 0 Å². The second-order valence-electron chi connectivity index (χ2n) is 4.69. The molecule has 0 bridgehead atoms. The van der Waals surface area contributed by atoms with E-state index >= 15 is 0 Å². The van der Waals surface area contributed by atoms with Gasteiger partial charge in [0, 0.05) is 17.8 Å². The van der Waals surface area contributed by atoms with Crippen LogP contribution in [0, 0.1) is 5.41 Å². The van der Waals surface area contributed by atoms with E-state index in [4.69, 9.17) is 4.74 Å². The number of ether oxygens (including phenoxy) is 1. The molecule has 1 aliphatic carbocycles. The van der Waals surface area contributed by atoms with Crippen molar-refractivity contribution in [3.63, 3.8) is 0 Å². The second kappa shape index (κ2) is 3.93. The minimum absolute atomic E-state index is 0.186. The highest BCUT2D eigenvalue weighted by Gasteiger charge is 2.50. The summed E-state index contributed by atoms with van der Waals surface area (Å²) in [4.78, 5) is 11.7. The topological polar surface area (TPSA) is 26.3 Å². The number of carbonyl (C=O) groups excluding carboxylic acids is 1. The van der Waals surface area contributed by atoms with E-state index in [2.05, 4.69) is 19.9 Å². The summed E-state index contributed by atoms with van der Waals surface area (Å²) in [6, 6.07) is 8.01. The monoisotopic (exact) mass is 218 g/mol. The highest BCUT2D eigenvalue weighted by molar-refractivity contribution is 5.93. The van der Waals surface area contributed by atoms with E-state index < -0.39 is 0 Å². The van der Waals surface area contributed by atoms with Gasteiger partial charge in [-0.1, -0.05) is 32.0 Å². The lowest BCUT2D eigenvalue weighted by Gasteiger charge is -2.45. The normalized spacial score (nSPS) is 28.7. The first kappa shape index (κ1) is 11.2. The molecule has 0 spiro atoms. The molecule has 0 saturated heterocycles. The number of carbonyl (C=O) groups is 1. The summed E-state index contributed by atoms with van der Waals surface area (Å²) in [5.74, 6) is 1.60. The van der Waals surface area contributed by atoms with Crippen LogP contribution in [-0.2, 0) is 4.79 Å². The number of para-hydroxylation sites is 1. The number of hydrogen-bond donors (Lipinski definition) is 0. The lowest BCUT2D eigenvalue weighted by Crippen LogP contribution is -2.45. The molecular formula is C14H18O2. The fourth-order valence-electron chi connectivity index (χ4n) is 2.56. The summed E-state index contributed by atoms with van der Waals surface area (Å²) in [5, 5.41) is 0. The van der Waals surface area contributed by atoms with E-state index in [-0.39, 0.29) is 5.41 Å². The molecule has 0 N–H and O–H groups in total. The van der Waals surface area contributed by atoms with Gasteiger partial charge < -0.3 is 4.74 Å². The molecule has 2 nitrogen and oxygen atoms in total. The fourth-order valence-corrected chi connectivity index (χ4v) is 2.56. The Hall–Kier alpha value is -1.31. The molecule has 1 aliphatic rings. The standard InChI is InChI=1S/C14H18O2/c1-4-14(2)11(9-13(14)15)10-7-5-6-8-12(10)16-3/h5-8,11H,4,9H2,1-3H3. The van der Waals surface area contributed by atoms with E-state index in [1.807, 2.05) is 18.2 Å². The Morgan fingerprint density at radius 1 is 1.44 bits per heavy atom. The number of hydrogen-bond acceptors (Lipinski definition) is 2. The Morgan fingerprint density at radius 2 is 2.12 bits per heavy atom. The number of benzene rings is 1. The zero-order valence-electron chi connectivity index (χ0n) is 10.1. The molecule has 0 amide bonds. The van der Waals surface area contributed by atoms with E-state index in [0.717, 1.165) is 12.2 Å². The van der Waals surface area contributed by atoms with Crippen LogP contribution < -0.4 is 4.74 Å². The third-order valence-electron chi connectivity index (χ3n) is 4.04. The number of rotatable bonds is 3. The Kier molecular flexibility index (Phi) is 2.75. The summed E-state index contributed by atoms with van der Waals surface area (Å²) >= 11 is 0. The molecule has 2 rings (SSSR count). The number of methoxy groups -OCH3 is 1. The molecule has 2 unspecified atom stereocenters. The third kappa shape index (κ3) is 1.44. The van der Waals surface area contributed by atoms with Crippen molar-refractivity contribution < 1.29 is 9.53 Å². The van der Waals surface area contributed by atoms with Crippen LogP contribution in [0.1, 0.15) is 38.2 Å². The lowest BCUT2D eigenvalue weighted by atomic mass is 9.56. The molecular weight excluding hydrogens is 200 g/mol. The van der Waals surface area contributed by atoms with E-state index in [1.165, 1.54) is 5.56 Å². The average Bonchev–Trinajstić information content (AvgIpc) is 2.34. The molecule has 0 heterocycles. The highest BCUT2D eigenvalue weighted by atomic mass is 16.5. The van der Waals surface area contributed by atoms with Crippen LogP contribution in [0.5, 0.6) is 5.75 Å². The van der Waals surface area contributed by atoms with Crippen LogP contribution >= 0.6 is 0 Å². The highest BCUT2D eigenvalue weighted by Crippen LogP contribution is 2.53. The van der Waals surface area contributed by atoms with Crippen molar-refractivity contribution in [3.05, 3.63) is 29.8 Å². The largest absolute Gasteiger partial charge is 0.496 e. The maximum absolute atomic E-state index is 11.7. The first-order valence-electron chi connectivity index (χ1n) is 5.79. The van der Waals surface area contributed by atoms with Gasteiger partial charge in [0.1, 0.15) is 11.5 Å². The first-order chi connectivity index (χ1) is 7.63. The minimum Gasteiger partial charge on any atom is -0.496 e. The van der Waals surface area contributed by atoms with Gasteiger partial charge in [-0.05, 0) is 18.1 Å². The van der Waals surface area contributed by atoms with Crippen LogP contribution in [0.3, 0.4) is 0 Å². The Balaban J connectivity index is 2.36. The van der Waals surface area contributed by atoms with Crippen molar-refractivity contribution in [3.8, 4) is 5.75 Å². The minimum atomic E-state index is -0.186. The quantitative estimate of drug-likeness (QED) is 0.779. The van der Waals surface area contributed by atoms with Crippen LogP contribution in [-0.4, -0.2) is 12.9 Å². The van der Waals surface area contributed by atoms with Crippen molar-refractivity contribution in [1.82, 2.24) is 0 Å². The molecule has 1 saturated carbocycles. The van der Waals surface area contributed by atoms with Gasteiger partial charge in [0.15, 0.2) is 0 Å². The molecule has 1 aromatic carbocycles. The summed E-state index contributed by atoms with van der Waals surface area (Å²) in [6.45, 7) is 4.15. The third-order valence-corrected chi connectivity index (χ3v) is 4.04. The van der Waals surface area contributed by atoms with Crippen LogP contribution in [0.15, 0.2) is 24.3 Å². The van der Waals surface area contributed by atoms with Gasteiger partial charge >= 0.3 is 0 Å². The maximum Gasteiger partial charge on any atom is 0.140 e. The predicted molar refractivity (Wildman–Crippen MR) is 63.8 cm³/mol. The van der Waals surface area contributed by atoms with Crippen molar-refractivity contribution in [1.29, 1.82) is 0 Å². The number of Topliss-reactive ketones (excluding diaryl/α,β-unsaturated/α-hetero) is 1. The molecule has 1 fully saturated rings. The van der Waals surface area contributed by atoms with Crippen LogP contribution in [0.25, 0.3) is 0 Å². The SMILES string of the molecule is CCC1(C)C(=O)CC1c1ccccc1OC. The lowest BCUT2D eigenvalue weighted by molar-refractivity contribution is -0.139. The van der Waals surface area contributed by atoms with Crippen LogP contribution in [0.2, 0.25) is 0 Å².